The molecule has 2 aromatic heterocycles. The van der Waals surface area contributed by atoms with Gasteiger partial charge in [-0.05, 0) is 54.6 Å². The van der Waals surface area contributed by atoms with Gasteiger partial charge in [-0.2, -0.15) is 0 Å². The van der Waals surface area contributed by atoms with Gasteiger partial charge in [0.15, 0.2) is 11.5 Å². The van der Waals surface area contributed by atoms with E-state index >= 15 is 0 Å². The summed E-state index contributed by atoms with van der Waals surface area (Å²) in [6.45, 7) is 0. The molecule has 0 radical (unpaired) electrons. The second kappa shape index (κ2) is 8.67. The van der Waals surface area contributed by atoms with Crippen LogP contribution in [0.4, 0.5) is 10.1 Å². The van der Waals surface area contributed by atoms with Crippen LogP contribution in [0.3, 0.4) is 0 Å². The molecular formula is C26H18FN3O4. The zero-order valence-corrected chi connectivity index (χ0v) is 17.9. The van der Waals surface area contributed by atoms with E-state index in [1.807, 2.05) is 0 Å². The van der Waals surface area contributed by atoms with E-state index in [0.29, 0.717) is 50.3 Å². The summed E-state index contributed by atoms with van der Waals surface area (Å²) in [6.07, 6.45) is 3.05. The van der Waals surface area contributed by atoms with Crippen LogP contribution in [-0.4, -0.2) is 28.1 Å². The lowest BCUT2D eigenvalue weighted by Gasteiger charge is -2.11. The van der Waals surface area contributed by atoms with Crippen molar-refractivity contribution in [1.29, 1.82) is 0 Å². The fourth-order valence-electron chi connectivity index (χ4n) is 3.58. The number of halogens is 1. The number of aromatic nitrogens is 2. The summed E-state index contributed by atoms with van der Waals surface area (Å²) < 4.78 is 24.7. The highest BCUT2D eigenvalue weighted by Crippen LogP contribution is 2.36. The second-order valence-corrected chi connectivity index (χ2v) is 7.50. The topological polar surface area (TPSA) is 93.6 Å². The number of amides is 1. The van der Waals surface area contributed by atoms with E-state index in [2.05, 4.69) is 15.3 Å². The van der Waals surface area contributed by atoms with Gasteiger partial charge in [-0.15, -0.1) is 0 Å². The first-order chi connectivity index (χ1) is 16.5. The highest BCUT2D eigenvalue weighted by molar-refractivity contribution is 6.05. The fraction of sp³-hybridized carbons (Fsp3) is 0.0385. The summed E-state index contributed by atoms with van der Waals surface area (Å²) >= 11 is 0. The number of methoxy groups -OCH3 is 1. The van der Waals surface area contributed by atoms with Crippen molar-refractivity contribution < 1.29 is 23.8 Å². The molecule has 7 nitrogen and oxygen atoms in total. The van der Waals surface area contributed by atoms with Gasteiger partial charge >= 0.3 is 0 Å². The van der Waals surface area contributed by atoms with Crippen LogP contribution >= 0.6 is 0 Å². The molecule has 0 aliphatic rings. The molecule has 0 aliphatic carbocycles. The Morgan fingerprint density at radius 3 is 2.68 bits per heavy atom. The SMILES string of the molecule is COc1cc2c(Oc3ccc4ncc(C(=O)Nc5cccc(F)c5)cc4c3)ccnc2cc1O. The van der Waals surface area contributed by atoms with Crippen molar-refractivity contribution in [2.75, 3.05) is 12.4 Å². The first kappa shape index (κ1) is 21.1. The molecule has 3 aromatic carbocycles. The lowest BCUT2D eigenvalue weighted by Crippen LogP contribution is -2.12. The molecule has 0 spiro atoms. The molecule has 5 aromatic rings. The minimum Gasteiger partial charge on any atom is -0.504 e. The molecule has 2 heterocycles. The normalized spacial score (nSPS) is 10.9. The van der Waals surface area contributed by atoms with Gasteiger partial charge in [-0.25, -0.2) is 4.39 Å². The van der Waals surface area contributed by atoms with Gasteiger partial charge in [0.2, 0.25) is 0 Å². The van der Waals surface area contributed by atoms with Crippen LogP contribution in [0.1, 0.15) is 10.4 Å². The van der Waals surface area contributed by atoms with Crippen molar-refractivity contribution in [2.24, 2.45) is 0 Å². The average Bonchev–Trinajstić information content (AvgIpc) is 2.83. The molecule has 0 atom stereocenters. The number of hydrogen-bond donors (Lipinski definition) is 2. The molecule has 0 unspecified atom stereocenters. The van der Waals surface area contributed by atoms with E-state index in [1.54, 1.807) is 48.7 Å². The van der Waals surface area contributed by atoms with Crippen LogP contribution in [0.25, 0.3) is 21.8 Å². The monoisotopic (exact) mass is 455 g/mol. The summed E-state index contributed by atoms with van der Waals surface area (Å²) in [6, 6.07) is 17.6. The first-order valence-electron chi connectivity index (χ1n) is 10.3. The van der Waals surface area contributed by atoms with Crippen molar-refractivity contribution in [3.8, 4) is 23.0 Å². The van der Waals surface area contributed by atoms with Crippen LogP contribution in [0.5, 0.6) is 23.0 Å². The molecule has 8 heteroatoms. The number of phenols is 1. The molecule has 0 fully saturated rings. The van der Waals surface area contributed by atoms with Crippen LogP contribution in [0, 0.1) is 5.82 Å². The van der Waals surface area contributed by atoms with Gasteiger partial charge in [0.05, 0.1) is 23.7 Å². The Morgan fingerprint density at radius 2 is 1.85 bits per heavy atom. The molecule has 2 N–H and O–H groups in total. The van der Waals surface area contributed by atoms with Crippen molar-refractivity contribution >= 4 is 33.4 Å². The summed E-state index contributed by atoms with van der Waals surface area (Å²) in [7, 11) is 1.47. The number of rotatable bonds is 5. The smallest absolute Gasteiger partial charge is 0.257 e. The molecule has 5 rings (SSSR count). The number of phenolic OH excluding ortho intramolecular Hbond substituents is 1. The zero-order chi connectivity index (χ0) is 23.7. The Hall–Kier alpha value is -4.72. The lowest BCUT2D eigenvalue weighted by molar-refractivity contribution is 0.102. The van der Waals surface area contributed by atoms with Crippen LogP contribution in [0.15, 0.2) is 79.1 Å². The predicted octanol–water partition coefficient (Wildman–Crippen LogP) is 5.68. The number of pyridine rings is 2. The van der Waals surface area contributed by atoms with Gasteiger partial charge < -0.3 is 19.9 Å². The van der Waals surface area contributed by atoms with Crippen molar-refractivity contribution in [1.82, 2.24) is 9.97 Å². The molecular weight excluding hydrogens is 437 g/mol. The van der Waals surface area contributed by atoms with Gasteiger partial charge in [-0.1, -0.05) is 6.07 Å². The number of fused-ring (bicyclic) bond motifs is 2. The maximum atomic E-state index is 13.4. The van der Waals surface area contributed by atoms with Gasteiger partial charge in [-0.3, -0.25) is 14.8 Å². The Bertz CT molecular complexity index is 1550. The number of benzene rings is 3. The Balaban J connectivity index is 1.45. The van der Waals surface area contributed by atoms with E-state index in [4.69, 9.17) is 9.47 Å². The van der Waals surface area contributed by atoms with E-state index in [1.165, 1.54) is 37.6 Å². The summed E-state index contributed by atoms with van der Waals surface area (Å²) in [4.78, 5) is 21.2. The van der Waals surface area contributed by atoms with E-state index in [9.17, 15) is 14.3 Å². The molecule has 1 amide bonds. The maximum absolute atomic E-state index is 13.4. The van der Waals surface area contributed by atoms with E-state index in [-0.39, 0.29) is 5.75 Å². The average molecular weight is 455 g/mol. The Kier molecular flexibility index (Phi) is 5.39. The number of carbonyl (C=O) groups is 1. The lowest BCUT2D eigenvalue weighted by atomic mass is 10.1. The highest BCUT2D eigenvalue weighted by Gasteiger charge is 2.12. The van der Waals surface area contributed by atoms with E-state index < -0.39 is 11.7 Å². The molecule has 0 saturated heterocycles. The third-order valence-electron chi connectivity index (χ3n) is 5.23. The van der Waals surface area contributed by atoms with Crippen LogP contribution < -0.4 is 14.8 Å². The standard InChI is InChI=1S/C26H18FN3O4/c1-33-25-12-20-22(13-23(25)31)28-8-7-24(20)34-19-5-6-21-15(10-19)9-16(14-29-21)26(32)30-18-4-2-3-17(27)11-18/h2-14,31H,1H3,(H,30,32). The second-order valence-electron chi connectivity index (χ2n) is 7.50. The number of nitrogens with one attached hydrogen (secondary N) is 1. The van der Waals surface area contributed by atoms with Gasteiger partial charge in [0.1, 0.15) is 17.3 Å². The largest absolute Gasteiger partial charge is 0.504 e. The zero-order valence-electron chi connectivity index (χ0n) is 17.9. The maximum Gasteiger partial charge on any atom is 0.257 e. The number of aromatic hydroxyl groups is 1. The predicted molar refractivity (Wildman–Crippen MR) is 126 cm³/mol. The van der Waals surface area contributed by atoms with Crippen LogP contribution in [0.2, 0.25) is 0 Å². The number of ether oxygens (including phenoxy) is 2. The third-order valence-corrected chi connectivity index (χ3v) is 5.23. The quantitative estimate of drug-likeness (QED) is 0.354. The Labute approximate surface area is 193 Å². The Morgan fingerprint density at radius 1 is 0.971 bits per heavy atom. The minimum absolute atomic E-state index is 0.0134. The van der Waals surface area contributed by atoms with Gasteiger partial charge in [0, 0.05) is 34.9 Å². The van der Waals surface area contributed by atoms with E-state index in [0.717, 1.165) is 0 Å². The summed E-state index contributed by atoms with van der Waals surface area (Å²) in [5.41, 5.74) is 1.91. The van der Waals surface area contributed by atoms with Crippen molar-refractivity contribution in [3.05, 3.63) is 90.5 Å². The third kappa shape index (κ3) is 4.16. The molecule has 0 saturated carbocycles. The number of carbonyl (C=O) groups excluding carboxylic acids is 1. The highest BCUT2D eigenvalue weighted by atomic mass is 19.1. The molecule has 0 bridgehead atoms. The first-order valence-corrected chi connectivity index (χ1v) is 10.3. The van der Waals surface area contributed by atoms with Crippen molar-refractivity contribution in [2.45, 2.75) is 0 Å². The molecule has 0 aliphatic heterocycles. The fourth-order valence-corrected chi connectivity index (χ4v) is 3.58. The number of hydrogen-bond acceptors (Lipinski definition) is 6. The summed E-state index contributed by atoms with van der Waals surface area (Å²) in [5, 5.41) is 14.0. The molecule has 168 valence electrons. The number of nitrogens with zero attached hydrogens (tertiary/aromatic N) is 2. The van der Waals surface area contributed by atoms with Gasteiger partial charge in [0.25, 0.3) is 5.91 Å². The van der Waals surface area contributed by atoms with Crippen molar-refractivity contribution in [3.63, 3.8) is 0 Å². The molecule has 34 heavy (non-hydrogen) atoms. The summed E-state index contributed by atoms with van der Waals surface area (Å²) in [5.74, 6) is 0.501. The minimum atomic E-state index is -0.437. The number of anilines is 1. The van der Waals surface area contributed by atoms with Crippen LogP contribution in [-0.2, 0) is 0 Å².